The monoisotopic (exact) mass is 845 g/mol. The molecule has 304 valence electrons. The molecule has 1 spiro atoms. The molecule has 0 saturated carbocycles. The van der Waals surface area contributed by atoms with Gasteiger partial charge in [-0.2, -0.15) is 0 Å². The van der Waals surface area contributed by atoms with Crippen LogP contribution in [0.25, 0.3) is 44.2 Å². The average molecular weight is 846 g/mol. The normalized spacial score (nSPS) is 14.5. The van der Waals surface area contributed by atoms with Gasteiger partial charge in [-0.1, -0.05) is 200 Å². The second kappa shape index (κ2) is 13.7. The van der Waals surface area contributed by atoms with Gasteiger partial charge < -0.3 is 14.1 Å². The van der Waals surface area contributed by atoms with E-state index in [1.54, 1.807) is 0 Å². The van der Waals surface area contributed by atoms with Gasteiger partial charge in [0.2, 0.25) is 0 Å². The number of furan rings is 1. The molecule has 0 N–H and O–H groups in total. The van der Waals surface area contributed by atoms with E-state index in [1.165, 1.54) is 54.1 Å². The molecule has 0 radical (unpaired) electrons. The van der Waals surface area contributed by atoms with E-state index >= 15 is 0 Å². The van der Waals surface area contributed by atoms with Crippen LogP contribution >= 0.6 is 0 Å². The lowest BCUT2D eigenvalue weighted by Gasteiger charge is -2.45. The van der Waals surface area contributed by atoms with Crippen LogP contribution in [-0.2, 0) is 5.41 Å². The maximum Gasteiger partial charge on any atom is 0.188 e. The van der Waals surface area contributed by atoms with Crippen molar-refractivity contribution in [2.45, 2.75) is 5.41 Å². The van der Waals surface area contributed by atoms with E-state index in [-0.39, 0.29) is 0 Å². The summed E-state index contributed by atoms with van der Waals surface area (Å²) in [6, 6.07) is 86.9. The summed E-state index contributed by atoms with van der Waals surface area (Å²) in [6.07, 6.45) is 0. The molecule has 0 fully saturated rings. The largest absolute Gasteiger partial charge is 0.457 e. The maximum atomic E-state index is 7.29. The van der Waals surface area contributed by atoms with Crippen LogP contribution in [-0.4, -0.2) is 8.07 Å². The molecule has 2 aliphatic heterocycles. The Kier molecular flexibility index (Phi) is 7.63. The molecule has 1 aliphatic carbocycles. The lowest BCUT2D eigenvalue weighted by Crippen LogP contribution is -2.76. The minimum Gasteiger partial charge on any atom is -0.457 e. The van der Waals surface area contributed by atoms with Crippen molar-refractivity contribution in [2.75, 3.05) is 4.90 Å². The number of anilines is 3. The van der Waals surface area contributed by atoms with Crippen LogP contribution in [0.5, 0.6) is 11.5 Å². The Balaban J connectivity index is 1.07. The fourth-order valence-corrected chi connectivity index (χ4v) is 16.9. The molecular formula is C61H39NO2Si. The molecule has 0 unspecified atom stereocenters. The van der Waals surface area contributed by atoms with E-state index < -0.39 is 13.5 Å². The highest BCUT2D eigenvalue weighted by molar-refractivity contribution is 7.20. The van der Waals surface area contributed by atoms with E-state index in [2.05, 4.69) is 241 Å². The summed E-state index contributed by atoms with van der Waals surface area (Å²) in [6.45, 7) is 0. The first-order valence-electron chi connectivity index (χ1n) is 22.4. The van der Waals surface area contributed by atoms with Crippen molar-refractivity contribution in [1.29, 1.82) is 0 Å². The molecule has 10 aromatic carbocycles. The summed E-state index contributed by atoms with van der Waals surface area (Å²) >= 11 is 0. The van der Waals surface area contributed by atoms with Crippen LogP contribution in [0.3, 0.4) is 0 Å². The minimum atomic E-state index is -2.92. The third kappa shape index (κ3) is 4.78. The van der Waals surface area contributed by atoms with Crippen molar-refractivity contribution in [3.63, 3.8) is 0 Å². The molecule has 3 heterocycles. The van der Waals surface area contributed by atoms with Gasteiger partial charge >= 0.3 is 0 Å². The van der Waals surface area contributed by atoms with Gasteiger partial charge in [-0.15, -0.1) is 0 Å². The molecule has 14 rings (SSSR count). The van der Waals surface area contributed by atoms with Gasteiger partial charge in [-0.05, 0) is 90.5 Å². The Bertz CT molecular complexity index is 3590. The smallest absolute Gasteiger partial charge is 0.188 e. The van der Waals surface area contributed by atoms with Crippen molar-refractivity contribution in [3.05, 3.63) is 259 Å². The number of nitrogens with zero attached hydrogens (tertiary/aromatic N) is 1. The Morgan fingerprint density at radius 3 is 1.58 bits per heavy atom. The Morgan fingerprint density at radius 2 is 0.908 bits per heavy atom. The van der Waals surface area contributed by atoms with Gasteiger partial charge in [0.15, 0.2) is 8.07 Å². The SMILES string of the molecule is c1ccc([Si]2(c3ccccc3)c3ccccc3Oc3c(-c4cc(N5c6ccccc6C6(c7ccccc7-c7ccccc76)c6ccccc65)cc5c4oc4ccccc45)cccc32)cc1. The number of benzene rings is 10. The van der Waals surface area contributed by atoms with E-state index in [4.69, 9.17) is 9.15 Å². The first kappa shape index (κ1) is 36.3. The second-order valence-corrected chi connectivity index (χ2v) is 21.2. The van der Waals surface area contributed by atoms with Crippen molar-refractivity contribution in [3.8, 4) is 33.8 Å². The van der Waals surface area contributed by atoms with E-state index in [0.717, 1.165) is 61.6 Å². The Labute approximate surface area is 378 Å². The first-order chi connectivity index (χ1) is 32.3. The summed E-state index contributed by atoms with van der Waals surface area (Å²) in [7, 11) is -2.92. The molecule has 4 heteroatoms. The highest BCUT2D eigenvalue weighted by atomic mass is 28.3. The van der Waals surface area contributed by atoms with Crippen molar-refractivity contribution in [1.82, 2.24) is 0 Å². The number of rotatable bonds is 4. The quantitative estimate of drug-likeness (QED) is 0.165. The van der Waals surface area contributed by atoms with Crippen LogP contribution in [0.15, 0.2) is 241 Å². The molecular weight excluding hydrogens is 807 g/mol. The highest BCUT2D eigenvalue weighted by Gasteiger charge is 2.52. The minimum absolute atomic E-state index is 0.505. The molecule has 3 nitrogen and oxygen atoms in total. The molecule has 0 saturated heterocycles. The molecule has 3 aliphatic rings. The molecule has 0 bridgehead atoms. The van der Waals surface area contributed by atoms with Gasteiger partial charge in [0.25, 0.3) is 0 Å². The molecule has 0 amide bonds. The molecule has 65 heavy (non-hydrogen) atoms. The Morgan fingerprint density at radius 1 is 0.385 bits per heavy atom. The van der Waals surface area contributed by atoms with Gasteiger partial charge in [0.05, 0.1) is 16.8 Å². The van der Waals surface area contributed by atoms with Crippen LogP contribution in [0.1, 0.15) is 22.3 Å². The van der Waals surface area contributed by atoms with Crippen LogP contribution in [0, 0.1) is 0 Å². The number of hydrogen-bond donors (Lipinski definition) is 0. The van der Waals surface area contributed by atoms with Crippen molar-refractivity contribution >= 4 is 67.8 Å². The van der Waals surface area contributed by atoms with Gasteiger partial charge in [-0.3, -0.25) is 0 Å². The predicted molar refractivity (Wildman–Crippen MR) is 268 cm³/mol. The lowest BCUT2D eigenvalue weighted by molar-refractivity contribution is 0.489. The summed E-state index contributed by atoms with van der Waals surface area (Å²) in [4.78, 5) is 2.49. The average Bonchev–Trinajstić information content (AvgIpc) is 3.90. The van der Waals surface area contributed by atoms with Crippen LogP contribution in [0.4, 0.5) is 17.1 Å². The summed E-state index contributed by atoms with van der Waals surface area (Å²) in [5, 5.41) is 7.23. The standard InChI is InChI=1S/C61H39NO2Si/c1-3-20-41(21-4-1)65(42-22-5-2-6-23-42)57-36-18-17-35-56(57)64-60-46(27-19-37-58(60)65)48-39-40(38-47-45-26-9-16-34-55(45)63-59(47)48)62-53-32-14-12-30-51(53)61(52-31-13-15-33-54(52)62)49-28-10-7-24-43(49)44-25-8-11-29-50(44)61/h1-39H. The highest BCUT2D eigenvalue weighted by Crippen LogP contribution is 2.63. The summed E-state index contributed by atoms with van der Waals surface area (Å²) in [5.74, 6) is 1.77. The number of hydrogen-bond acceptors (Lipinski definition) is 3. The summed E-state index contributed by atoms with van der Waals surface area (Å²) < 4.78 is 14.3. The zero-order valence-electron chi connectivity index (χ0n) is 35.3. The van der Waals surface area contributed by atoms with Gasteiger partial charge in [-0.25, -0.2) is 0 Å². The fraction of sp³-hybridized carbons (Fsp3) is 0.0164. The van der Waals surface area contributed by atoms with Crippen LogP contribution < -0.4 is 30.4 Å². The number of para-hydroxylation sites is 5. The third-order valence-electron chi connectivity index (χ3n) is 14.4. The molecule has 11 aromatic rings. The first-order valence-corrected chi connectivity index (χ1v) is 24.4. The lowest BCUT2D eigenvalue weighted by atomic mass is 9.64. The van der Waals surface area contributed by atoms with Crippen molar-refractivity contribution < 1.29 is 9.15 Å². The molecule has 1 aromatic heterocycles. The third-order valence-corrected chi connectivity index (χ3v) is 19.2. The second-order valence-electron chi connectivity index (χ2n) is 17.4. The Hall–Kier alpha value is -8.18. The zero-order chi connectivity index (χ0) is 42.7. The van der Waals surface area contributed by atoms with Crippen molar-refractivity contribution in [2.24, 2.45) is 0 Å². The number of ether oxygens (including phenoxy) is 1. The molecule has 0 atom stereocenters. The van der Waals surface area contributed by atoms with E-state index in [9.17, 15) is 0 Å². The van der Waals surface area contributed by atoms with Gasteiger partial charge in [0, 0.05) is 27.6 Å². The summed E-state index contributed by atoms with van der Waals surface area (Å²) in [5.41, 5.74) is 14.2. The predicted octanol–water partition coefficient (Wildman–Crippen LogP) is 12.9. The maximum absolute atomic E-state index is 7.29. The van der Waals surface area contributed by atoms with E-state index in [0.29, 0.717) is 0 Å². The topological polar surface area (TPSA) is 25.6 Å². The van der Waals surface area contributed by atoms with Crippen LogP contribution in [0.2, 0.25) is 0 Å². The zero-order valence-corrected chi connectivity index (χ0v) is 36.3. The van der Waals surface area contributed by atoms with Gasteiger partial charge in [0.1, 0.15) is 22.7 Å². The van der Waals surface area contributed by atoms with E-state index in [1.807, 2.05) is 0 Å². The number of fused-ring (bicyclic) bond motifs is 14. The fourth-order valence-electron chi connectivity index (χ4n) is 11.9.